The lowest BCUT2D eigenvalue weighted by Crippen LogP contribution is -2.19. The number of anilines is 2. The van der Waals surface area contributed by atoms with Gasteiger partial charge in [-0.15, -0.1) is 0 Å². The lowest BCUT2D eigenvalue weighted by atomic mass is 10.0. The molecule has 1 aliphatic heterocycles. The summed E-state index contributed by atoms with van der Waals surface area (Å²) in [6.45, 7) is 4.12. The van der Waals surface area contributed by atoms with Gasteiger partial charge in [-0.3, -0.25) is 9.78 Å². The molecule has 2 bridgehead atoms. The number of rotatable bonds is 1. The number of Topliss-reactive ketones (excluding diaryl/α,β-unsaturated/α-hetero) is 1. The normalized spacial score (nSPS) is 15.1. The van der Waals surface area contributed by atoms with E-state index in [0.717, 1.165) is 48.1 Å². The van der Waals surface area contributed by atoms with E-state index in [9.17, 15) is 10.1 Å². The van der Waals surface area contributed by atoms with Crippen LogP contribution < -0.4 is 20.1 Å². The van der Waals surface area contributed by atoms with Crippen LogP contribution in [0.15, 0.2) is 36.5 Å². The van der Waals surface area contributed by atoms with E-state index in [1.807, 2.05) is 37.3 Å². The Morgan fingerprint density at radius 2 is 2.03 bits per heavy atom. The maximum Gasteiger partial charge on any atom is 0.162 e. The summed E-state index contributed by atoms with van der Waals surface area (Å²) in [5, 5.41) is 17.4. The van der Waals surface area contributed by atoms with E-state index in [0.29, 0.717) is 47.7 Å². The number of ether oxygens (including phenoxy) is 2. The number of aryl methyl sites for hydroxylation is 1. The molecule has 1 aliphatic rings. The first-order valence-corrected chi connectivity index (χ1v) is 11.2. The molecule has 33 heavy (non-hydrogen) atoms. The van der Waals surface area contributed by atoms with Crippen LogP contribution >= 0.6 is 0 Å². The van der Waals surface area contributed by atoms with Crippen LogP contribution in [0.3, 0.4) is 0 Å². The lowest BCUT2D eigenvalue weighted by Gasteiger charge is -2.17. The number of ketones is 1. The van der Waals surface area contributed by atoms with Crippen LogP contribution in [0.2, 0.25) is 0 Å². The Labute approximate surface area is 193 Å². The number of hydrogen-bond acceptors (Lipinski definition) is 7. The minimum Gasteiger partial charge on any atom is -0.493 e. The molecule has 7 nitrogen and oxygen atoms in total. The Kier molecular flexibility index (Phi) is 7.06. The van der Waals surface area contributed by atoms with Crippen LogP contribution in [0.1, 0.15) is 36.0 Å². The van der Waals surface area contributed by atoms with Gasteiger partial charge < -0.3 is 20.1 Å². The maximum atomic E-state index is 12.7. The third-order valence-corrected chi connectivity index (χ3v) is 5.75. The number of carbonyl (C=O) groups is 1. The standard InChI is InChI=1S/C26H28N4O3/c1-17-6-7-18-12-20(31)5-3-8-28-9-4-10-33-25-13-21-23(14-24(25)32-2)29-16-19(15-27)26(21)30-22(18)11-17/h6-7,11,13-14,16,28,30H,3-5,8-10,12H2,1-2H3. The predicted molar refractivity (Wildman–Crippen MR) is 128 cm³/mol. The Morgan fingerprint density at radius 3 is 2.85 bits per heavy atom. The van der Waals surface area contributed by atoms with Crippen LogP contribution in [0.4, 0.5) is 11.4 Å². The number of hydrogen-bond donors (Lipinski definition) is 2. The van der Waals surface area contributed by atoms with E-state index in [1.54, 1.807) is 13.3 Å². The molecule has 2 heterocycles. The van der Waals surface area contributed by atoms with Gasteiger partial charge in [0.1, 0.15) is 11.9 Å². The fourth-order valence-electron chi connectivity index (χ4n) is 4.00. The predicted octanol–water partition coefficient (Wildman–Crippen LogP) is 4.43. The molecule has 0 spiro atoms. The topological polar surface area (TPSA) is 96.3 Å². The van der Waals surface area contributed by atoms with Crippen molar-refractivity contribution >= 4 is 28.1 Å². The third-order valence-electron chi connectivity index (χ3n) is 5.75. The molecule has 2 aromatic carbocycles. The summed E-state index contributed by atoms with van der Waals surface area (Å²) >= 11 is 0. The highest BCUT2D eigenvalue weighted by Crippen LogP contribution is 2.38. The molecule has 0 radical (unpaired) electrons. The van der Waals surface area contributed by atoms with Crippen molar-refractivity contribution in [3.05, 3.63) is 53.2 Å². The molecule has 7 heteroatoms. The summed E-state index contributed by atoms with van der Waals surface area (Å²) in [4.78, 5) is 17.1. The molecular formula is C26H28N4O3. The van der Waals surface area contributed by atoms with Crippen molar-refractivity contribution < 1.29 is 14.3 Å². The lowest BCUT2D eigenvalue weighted by molar-refractivity contribution is -0.118. The van der Waals surface area contributed by atoms with Gasteiger partial charge in [0.05, 0.1) is 30.5 Å². The second-order valence-corrected chi connectivity index (χ2v) is 8.24. The Bertz CT molecular complexity index is 1220. The second-order valence-electron chi connectivity index (χ2n) is 8.24. The molecular weight excluding hydrogens is 416 g/mol. The highest BCUT2D eigenvalue weighted by Gasteiger charge is 2.17. The Hall–Kier alpha value is -3.63. The van der Waals surface area contributed by atoms with E-state index in [2.05, 4.69) is 21.7 Å². The molecule has 0 saturated heterocycles. The van der Waals surface area contributed by atoms with Crippen molar-refractivity contribution in [3.63, 3.8) is 0 Å². The number of aromatic nitrogens is 1. The number of pyridine rings is 1. The first-order valence-electron chi connectivity index (χ1n) is 11.2. The van der Waals surface area contributed by atoms with Gasteiger partial charge in [-0.25, -0.2) is 0 Å². The van der Waals surface area contributed by atoms with Gasteiger partial charge in [-0.05, 0) is 56.1 Å². The van der Waals surface area contributed by atoms with Crippen molar-refractivity contribution in [2.24, 2.45) is 0 Å². The van der Waals surface area contributed by atoms with Gasteiger partial charge in [0.2, 0.25) is 0 Å². The fraction of sp³-hybridized carbons (Fsp3) is 0.346. The summed E-state index contributed by atoms with van der Waals surface area (Å²) in [7, 11) is 1.60. The summed E-state index contributed by atoms with van der Waals surface area (Å²) in [6, 6.07) is 11.9. The molecule has 0 atom stereocenters. The monoisotopic (exact) mass is 444 g/mol. The molecule has 1 aromatic heterocycles. The first kappa shape index (κ1) is 22.6. The van der Waals surface area contributed by atoms with Crippen LogP contribution in [0.25, 0.3) is 10.9 Å². The summed E-state index contributed by atoms with van der Waals surface area (Å²) in [5.41, 5.74) is 4.52. The van der Waals surface area contributed by atoms with Crippen molar-refractivity contribution in [1.29, 1.82) is 5.26 Å². The molecule has 2 N–H and O–H groups in total. The smallest absolute Gasteiger partial charge is 0.162 e. The van der Waals surface area contributed by atoms with Crippen LogP contribution in [-0.4, -0.2) is 37.6 Å². The van der Waals surface area contributed by atoms with Gasteiger partial charge in [0, 0.05) is 36.2 Å². The number of nitrogens with zero attached hydrogens (tertiary/aromatic N) is 2. The third kappa shape index (κ3) is 5.24. The molecule has 4 rings (SSSR count). The number of carbonyl (C=O) groups excluding carboxylic acids is 1. The van der Waals surface area contributed by atoms with Gasteiger partial charge in [0.25, 0.3) is 0 Å². The summed E-state index contributed by atoms with van der Waals surface area (Å²) < 4.78 is 11.6. The number of nitriles is 1. The molecule has 0 saturated carbocycles. The first-order chi connectivity index (χ1) is 16.1. The minimum atomic E-state index is 0.198. The highest BCUT2D eigenvalue weighted by molar-refractivity contribution is 5.98. The molecule has 0 amide bonds. The number of benzene rings is 2. The molecule has 3 aromatic rings. The Morgan fingerprint density at radius 1 is 1.18 bits per heavy atom. The van der Waals surface area contributed by atoms with E-state index >= 15 is 0 Å². The van der Waals surface area contributed by atoms with Crippen molar-refractivity contribution in [2.45, 2.75) is 32.6 Å². The van der Waals surface area contributed by atoms with Crippen LogP contribution in [0.5, 0.6) is 11.5 Å². The molecule has 0 fully saturated rings. The van der Waals surface area contributed by atoms with Crippen molar-refractivity contribution in [2.75, 3.05) is 32.1 Å². The fourth-order valence-corrected chi connectivity index (χ4v) is 4.00. The Balaban J connectivity index is 1.86. The van der Waals surface area contributed by atoms with Crippen molar-refractivity contribution in [1.82, 2.24) is 10.3 Å². The minimum absolute atomic E-state index is 0.198. The van der Waals surface area contributed by atoms with Gasteiger partial charge in [-0.2, -0.15) is 5.26 Å². The van der Waals surface area contributed by atoms with Crippen LogP contribution in [-0.2, 0) is 11.2 Å². The van der Waals surface area contributed by atoms with Gasteiger partial charge in [0.15, 0.2) is 11.5 Å². The van der Waals surface area contributed by atoms with E-state index in [-0.39, 0.29) is 5.78 Å². The van der Waals surface area contributed by atoms with E-state index in [1.165, 1.54) is 0 Å². The molecule has 170 valence electrons. The average Bonchev–Trinajstić information content (AvgIpc) is 2.81. The average molecular weight is 445 g/mol. The van der Waals surface area contributed by atoms with E-state index < -0.39 is 0 Å². The number of nitrogens with one attached hydrogen (secondary N) is 2. The SMILES string of the molecule is COc1cc2ncc(C#N)c3c2cc1OCCCNCCCC(=O)Cc1ccc(C)cc1N3. The van der Waals surface area contributed by atoms with E-state index in [4.69, 9.17) is 9.47 Å². The zero-order chi connectivity index (χ0) is 23.2. The van der Waals surface area contributed by atoms with Crippen LogP contribution in [0, 0.1) is 18.3 Å². The summed E-state index contributed by atoms with van der Waals surface area (Å²) in [5.74, 6) is 1.40. The maximum absolute atomic E-state index is 12.7. The number of fused-ring (bicyclic) bond motifs is 2. The zero-order valence-electron chi connectivity index (χ0n) is 19.0. The number of methoxy groups -OCH3 is 1. The summed E-state index contributed by atoms with van der Waals surface area (Å²) in [6.07, 6.45) is 4.04. The van der Waals surface area contributed by atoms with Crippen molar-refractivity contribution in [3.8, 4) is 17.6 Å². The van der Waals surface area contributed by atoms with Gasteiger partial charge >= 0.3 is 0 Å². The highest BCUT2D eigenvalue weighted by atomic mass is 16.5. The molecule has 0 aliphatic carbocycles. The second kappa shape index (κ2) is 10.3. The van der Waals surface area contributed by atoms with Gasteiger partial charge in [-0.1, -0.05) is 12.1 Å². The quantitative estimate of drug-likeness (QED) is 0.573. The largest absolute Gasteiger partial charge is 0.493 e. The molecule has 0 unspecified atom stereocenters. The zero-order valence-corrected chi connectivity index (χ0v) is 19.0.